The summed E-state index contributed by atoms with van der Waals surface area (Å²) in [4.78, 5) is 74.1. The fraction of sp³-hybridized carbons (Fsp3) is 0.444. The summed E-state index contributed by atoms with van der Waals surface area (Å²) in [6.07, 6.45) is -0.320. The van der Waals surface area contributed by atoms with Crippen molar-refractivity contribution >= 4 is 47.1 Å². The van der Waals surface area contributed by atoms with Gasteiger partial charge in [-0.05, 0) is 59.7 Å². The number of carbonyl (C=O) groups is 6. The second-order valence-corrected chi connectivity index (χ2v) is 13.3. The summed E-state index contributed by atoms with van der Waals surface area (Å²) in [6, 6.07) is 9.19. The van der Waals surface area contributed by atoms with Crippen molar-refractivity contribution in [1.29, 1.82) is 0 Å². The molecule has 3 atom stereocenters. The molecule has 0 saturated heterocycles. The minimum absolute atomic E-state index is 0.0232. The van der Waals surface area contributed by atoms with Gasteiger partial charge >= 0.3 is 18.0 Å². The first-order chi connectivity index (χ1) is 23.4. The van der Waals surface area contributed by atoms with Crippen molar-refractivity contribution in [3.63, 3.8) is 0 Å². The number of methoxy groups -OCH3 is 1. The minimum Gasteiger partial charge on any atom is -0.497 e. The Morgan fingerprint density at radius 2 is 1.20 bits per heavy atom. The molecule has 7 N–H and O–H groups in total. The van der Waals surface area contributed by atoms with Crippen molar-refractivity contribution in [2.24, 2.45) is 11.3 Å². The summed E-state index contributed by atoms with van der Waals surface area (Å²) in [5.74, 6) is 1.54. The Kier molecular flexibility index (Phi) is 15.8. The first kappa shape index (κ1) is 40.6. The average molecular weight is 694 g/mol. The van der Waals surface area contributed by atoms with Crippen LogP contribution in [-0.2, 0) is 30.4 Å². The summed E-state index contributed by atoms with van der Waals surface area (Å²) in [6.45, 7) is 9.22. The molecule has 0 aliphatic rings. The van der Waals surface area contributed by atoms with E-state index < -0.39 is 53.8 Å². The molecular weight excluding hydrogens is 646 g/mol. The SMILES string of the molecule is COc1ccc(NC(=O)Nc2ccc(CC(=O)NC(CC(C)C)C(=O)NC(CC#CCC(NC(=O)CC(C)(C)C)C(=O)O)C(=O)O)cc2)cc1. The van der Waals surface area contributed by atoms with E-state index in [1.54, 1.807) is 55.6 Å². The zero-order chi connectivity index (χ0) is 37.4. The Labute approximate surface area is 292 Å². The molecule has 0 aliphatic heterocycles. The van der Waals surface area contributed by atoms with Gasteiger partial charge in [0.1, 0.15) is 23.9 Å². The molecule has 0 bridgehead atoms. The monoisotopic (exact) mass is 693 g/mol. The van der Waals surface area contributed by atoms with Crippen LogP contribution in [0.4, 0.5) is 16.2 Å². The standard InChI is InChI=1S/C36H47N5O9/c1-22(2)19-29(32(44)41-28(34(47)48)10-8-7-9-27(33(45)46)39-31(43)21-36(3,4)5)40-30(42)20-23-11-13-24(14-12-23)37-35(49)38-25-15-17-26(50-6)18-16-25/h11-18,22,27-29H,9-10,19-21H2,1-6H3,(H,39,43)(H,40,42)(H,41,44)(H,45,46)(H,47,48)(H2,37,38,49). The van der Waals surface area contributed by atoms with Crippen molar-refractivity contribution in [1.82, 2.24) is 16.0 Å². The maximum Gasteiger partial charge on any atom is 0.327 e. The number of carbonyl (C=O) groups excluding carboxylic acids is 4. The number of amides is 5. The van der Waals surface area contributed by atoms with Gasteiger partial charge in [-0.25, -0.2) is 14.4 Å². The minimum atomic E-state index is -1.43. The smallest absolute Gasteiger partial charge is 0.327 e. The third-order valence-electron chi connectivity index (χ3n) is 6.96. The summed E-state index contributed by atoms with van der Waals surface area (Å²) in [7, 11) is 1.55. The summed E-state index contributed by atoms with van der Waals surface area (Å²) in [5, 5.41) is 32.1. The lowest BCUT2D eigenvalue weighted by atomic mass is 9.92. The van der Waals surface area contributed by atoms with E-state index >= 15 is 0 Å². The zero-order valence-corrected chi connectivity index (χ0v) is 29.2. The molecule has 270 valence electrons. The summed E-state index contributed by atoms with van der Waals surface area (Å²) >= 11 is 0. The van der Waals surface area contributed by atoms with Gasteiger partial charge in [-0.2, -0.15) is 0 Å². The number of benzene rings is 2. The van der Waals surface area contributed by atoms with Gasteiger partial charge in [0.15, 0.2) is 0 Å². The molecule has 2 aromatic rings. The highest BCUT2D eigenvalue weighted by atomic mass is 16.5. The molecule has 0 fully saturated rings. The number of ether oxygens (including phenoxy) is 1. The van der Waals surface area contributed by atoms with E-state index in [0.29, 0.717) is 22.7 Å². The number of rotatable bonds is 16. The average Bonchev–Trinajstić information content (AvgIpc) is 3.01. The first-order valence-corrected chi connectivity index (χ1v) is 16.1. The van der Waals surface area contributed by atoms with E-state index in [9.17, 15) is 39.0 Å². The highest BCUT2D eigenvalue weighted by Gasteiger charge is 2.27. The maximum atomic E-state index is 13.1. The van der Waals surface area contributed by atoms with Crippen molar-refractivity contribution in [2.45, 2.75) is 84.8 Å². The maximum absolute atomic E-state index is 13.1. The molecule has 2 aromatic carbocycles. The number of carboxylic acid groups (broad SMARTS) is 2. The van der Waals surface area contributed by atoms with Crippen LogP contribution in [-0.4, -0.2) is 71.1 Å². The number of anilines is 2. The quantitative estimate of drug-likeness (QED) is 0.127. The number of carboxylic acids is 2. The Hall–Kier alpha value is -5.58. The Bertz CT molecular complexity index is 1560. The van der Waals surface area contributed by atoms with Gasteiger partial charge < -0.3 is 41.5 Å². The number of hydrogen-bond acceptors (Lipinski definition) is 7. The largest absolute Gasteiger partial charge is 0.497 e. The molecule has 14 nitrogen and oxygen atoms in total. The van der Waals surface area contributed by atoms with Crippen LogP contribution in [0.2, 0.25) is 0 Å². The van der Waals surface area contributed by atoms with Crippen LogP contribution < -0.4 is 31.3 Å². The van der Waals surface area contributed by atoms with E-state index in [1.165, 1.54) is 0 Å². The van der Waals surface area contributed by atoms with Gasteiger partial charge in [0.05, 0.1) is 13.5 Å². The molecular formula is C36H47N5O9. The predicted molar refractivity (Wildman–Crippen MR) is 187 cm³/mol. The summed E-state index contributed by atoms with van der Waals surface area (Å²) in [5.41, 5.74) is 1.33. The fourth-order valence-electron chi connectivity index (χ4n) is 4.56. The molecule has 14 heteroatoms. The molecule has 2 rings (SSSR count). The first-order valence-electron chi connectivity index (χ1n) is 16.1. The van der Waals surface area contributed by atoms with Gasteiger partial charge in [-0.3, -0.25) is 14.4 Å². The number of urea groups is 1. The number of nitrogens with one attached hydrogen (secondary N) is 5. The molecule has 0 spiro atoms. The predicted octanol–water partition coefficient (Wildman–Crippen LogP) is 3.77. The van der Waals surface area contributed by atoms with E-state index in [0.717, 1.165) is 0 Å². The molecule has 5 amide bonds. The highest BCUT2D eigenvalue weighted by molar-refractivity contribution is 5.99. The molecule has 0 aliphatic carbocycles. The van der Waals surface area contributed by atoms with Gasteiger partial charge in [-0.15, -0.1) is 11.8 Å². The van der Waals surface area contributed by atoms with Crippen LogP contribution in [0.3, 0.4) is 0 Å². The van der Waals surface area contributed by atoms with Crippen LogP contribution >= 0.6 is 0 Å². The molecule has 0 heterocycles. The van der Waals surface area contributed by atoms with Crippen molar-refractivity contribution < 1.29 is 43.7 Å². The lowest BCUT2D eigenvalue weighted by Gasteiger charge is -2.22. The third kappa shape index (κ3) is 15.5. The Morgan fingerprint density at radius 3 is 1.66 bits per heavy atom. The van der Waals surface area contributed by atoms with E-state index in [-0.39, 0.29) is 43.4 Å². The van der Waals surface area contributed by atoms with E-state index in [1.807, 2.05) is 34.6 Å². The Balaban J connectivity index is 1.96. The highest BCUT2D eigenvalue weighted by Crippen LogP contribution is 2.18. The van der Waals surface area contributed by atoms with Gasteiger partial charge in [-0.1, -0.05) is 46.8 Å². The normalized spacial score (nSPS) is 12.6. The van der Waals surface area contributed by atoms with Crippen molar-refractivity contribution in [3.8, 4) is 17.6 Å². The molecule has 0 saturated carbocycles. The van der Waals surface area contributed by atoms with Crippen LogP contribution in [0.25, 0.3) is 0 Å². The number of aliphatic carboxylic acids is 2. The molecule has 0 aromatic heterocycles. The van der Waals surface area contributed by atoms with Crippen molar-refractivity contribution in [2.75, 3.05) is 17.7 Å². The lowest BCUT2D eigenvalue weighted by molar-refractivity contribution is -0.142. The molecule has 3 unspecified atom stereocenters. The molecule has 0 radical (unpaired) electrons. The van der Waals surface area contributed by atoms with Crippen LogP contribution in [0.1, 0.15) is 65.9 Å². The molecule has 50 heavy (non-hydrogen) atoms. The topological polar surface area (TPSA) is 212 Å². The van der Waals surface area contributed by atoms with E-state index in [2.05, 4.69) is 38.4 Å². The Morgan fingerprint density at radius 1 is 0.720 bits per heavy atom. The van der Waals surface area contributed by atoms with Crippen LogP contribution in [0.15, 0.2) is 48.5 Å². The van der Waals surface area contributed by atoms with Gasteiger partial charge in [0.2, 0.25) is 17.7 Å². The van der Waals surface area contributed by atoms with Crippen LogP contribution in [0, 0.1) is 23.2 Å². The lowest BCUT2D eigenvalue weighted by Crippen LogP contribution is -2.52. The second kappa shape index (κ2) is 19.4. The van der Waals surface area contributed by atoms with Crippen LogP contribution in [0.5, 0.6) is 5.75 Å². The van der Waals surface area contributed by atoms with Gasteiger partial charge in [0.25, 0.3) is 0 Å². The third-order valence-corrected chi connectivity index (χ3v) is 6.96. The second-order valence-electron chi connectivity index (χ2n) is 13.3. The summed E-state index contributed by atoms with van der Waals surface area (Å²) < 4.78 is 5.10. The van der Waals surface area contributed by atoms with Gasteiger partial charge in [0, 0.05) is 30.6 Å². The zero-order valence-electron chi connectivity index (χ0n) is 29.2. The fourth-order valence-corrected chi connectivity index (χ4v) is 4.56. The van der Waals surface area contributed by atoms with E-state index in [4.69, 9.17) is 4.74 Å². The number of hydrogen-bond donors (Lipinski definition) is 7. The van der Waals surface area contributed by atoms with Crippen molar-refractivity contribution in [3.05, 3.63) is 54.1 Å².